The molecule has 0 spiro atoms. The van der Waals surface area contributed by atoms with E-state index in [1.54, 1.807) is 0 Å². The summed E-state index contributed by atoms with van der Waals surface area (Å²) in [6, 6.07) is 0.00912. The number of amides is 2. The molecule has 4 nitrogen and oxygen atoms in total. The van der Waals surface area contributed by atoms with Crippen LogP contribution >= 0.6 is 0 Å². The van der Waals surface area contributed by atoms with Crippen molar-refractivity contribution in [2.75, 3.05) is 19.7 Å². The first-order chi connectivity index (χ1) is 7.68. The van der Waals surface area contributed by atoms with Crippen molar-refractivity contribution in [1.29, 1.82) is 0 Å². The van der Waals surface area contributed by atoms with Crippen LogP contribution in [-0.2, 0) is 0 Å². The Morgan fingerprint density at radius 1 is 1.50 bits per heavy atom. The lowest BCUT2D eigenvalue weighted by molar-refractivity contribution is 0.0111. The highest BCUT2D eigenvalue weighted by Crippen LogP contribution is 2.36. The Bertz CT molecular complexity index is 260. The lowest BCUT2D eigenvalue weighted by Gasteiger charge is -2.48. The molecule has 0 radical (unpaired) electrons. The average molecular weight is 226 g/mol. The van der Waals surface area contributed by atoms with Crippen LogP contribution < -0.4 is 5.32 Å². The van der Waals surface area contributed by atoms with Crippen LogP contribution in [0.2, 0.25) is 0 Å². The largest absolute Gasteiger partial charge is 0.394 e. The minimum atomic E-state index is -0.281. The number of carbonyl (C=O) groups excluding carboxylic acids is 1. The highest BCUT2D eigenvalue weighted by atomic mass is 16.3. The molecule has 1 heterocycles. The standard InChI is InChI=1S/C12H22N2O2/c1-10-3-5-12(9-15,6-4-10)14-8-2-7-13-11(14)16/h10,15H,2-9H2,1H3,(H,13,16). The second-order valence-electron chi connectivity index (χ2n) is 5.30. The molecule has 2 amide bonds. The molecule has 0 aromatic rings. The number of nitrogens with zero attached hydrogens (tertiary/aromatic N) is 1. The van der Waals surface area contributed by atoms with E-state index < -0.39 is 0 Å². The third kappa shape index (κ3) is 2.03. The van der Waals surface area contributed by atoms with Crippen molar-refractivity contribution in [2.45, 2.75) is 44.6 Å². The van der Waals surface area contributed by atoms with Gasteiger partial charge in [-0.3, -0.25) is 0 Å². The van der Waals surface area contributed by atoms with E-state index in [1.165, 1.54) is 0 Å². The minimum Gasteiger partial charge on any atom is -0.394 e. The summed E-state index contributed by atoms with van der Waals surface area (Å²) in [5.41, 5.74) is -0.281. The van der Waals surface area contributed by atoms with Crippen LogP contribution in [0.3, 0.4) is 0 Å². The fourth-order valence-corrected chi connectivity index (χ4v) is 2.89. The molecule has 0 atom stereocenters. The van der Waals surface area contributed by atoms with Crippen LogP contribution in [-0.4, -0.2) is 41.3 Å². The van der Waals surface area contributed by atoms with E-state index in [4.69, 9.17) is 0 Å². The number of aliphatic hydroxyl groups is 1. The molecule has 2 rings (SSSR count). The van der Waals surface area contributed by atoms with Crippen molar-refractivity contribution in [3.05, 3.63) is 0 Å². The summed E-state index contributed by atoms with van der Waals surface area (Å²) in [4.78, 5) is 13.7. The Labute approximate surface area is 97.0 Å². The maximum absolute atomic E-state index is 11.8. The predicted octanol–water partition coefficient (Wildman–Crippen LogP) is 1.34. The van der Waals surface area contributed by atoms with Crippen LogP contribution in [0.25, 0.3) is 0 Å². The van der Waals surface area contributed by atoms with Crippen LogP contribution in [0.1, 0.15) is 39.0 Å². The van der Waals surface area contributed by atoms with Gasteiger partial charge < -0.3 is 15.3 Å². The summed E-state index contributed by atoms with van der Waals surface area (Å²) in [5, 5.41) is 12.6. The van der Waals surface area contributed by atoms with Crippen LogP contribution in [0.5, 0.6) is 0 Å². The van der Waals surface area contributed by atoms with Gasteiger partial charge in [-0.15, -0.1) is 0 Å². The molecule has 0 aromatic heterocycles. The zero-order valence-electron chi connectivity index (χ0n) is 10.0. The predicted molar refractivity (Wildman–Crippen MR) is 62.2 cm³/mol. The number of hydrogen-bond acceptors (Lipinski definition) is 2. The Morgan fingerprint density at radius 3 is 2.75 bits per heavy atom. The fraction of sp³-hybridized carbons (Fsp3) is 0.917. The number of hydrogen-bond donors (Lipinski definition) is 2. The van der Waals surface area contributed by atoms with Crippen molar-refractivity contribution >= 4 is 6.03 Å². The van der Waals surface area contributed by atoms with Gasteiger partial charge in [0.1, 0.15) is 0 Å². The van der Waals surface area contributed by atoms with Gasteiger partial charge >= 0.3 is 6.03 Å². The molecule has 0 bridgehead atoms. The number of urea groups is 1. The van der Waals surface area contributed by atoms with E-state index in [0.717, 1.165) is 51.1 Å². The highest BCUT2D eigenvalue weighted by molar-refractivity contribution is 5.75. The van der Waals surface area contributed by atoms with E-state index in [9.17, 15) is 9.90 Å². The number of aliphatic hydroxyl groups excluding tert-OH is 1. The second-order valence-corrected chi connectivity index (χ2v) is 5.30. The lowest BCUT2D eigenvalue weighted by Crippen LogP contribution is -2.61. The summed E-state index contributed by atoms with van der Waals surface area (Å²) >= 11 is 0. The smallest absolute Gasteiger partial charge is 0.317 e. The summed E-state index contributed by atoms with van der Waals surface area (Å²) in [5.74, 6) is 0.729. The van der Waals surface area contributed by atoms with Gasteiger partial charge in [0, 0.05) is 13.1 Å². The molecule has 1 saturated heterocycles. The molecule has 16 heavy (non-hydrogen) atoms. The molecule has 2 aliphatic rings. The maximum atomic E-state index is 11.8. The quantitative estimate of drug-likeness (QED) is 0.746. The van der Waals surface area contributed by atoms with Crippen LogP contribution in [0.15, 0.2) is 0 Å². The second kappa shape index (κ2) is 4.62. The first-order valence-corrected chi connectivity index (χ1v) is 6.34. The van der Waals surface area contributed by atoms with E-state index in [0.29, 0.717) is 0 Å². The number of rotatable bonds is 2. The monoisotopic (exact) mass is 226 g/mol. The van der Waals surface area contributed by atoms with Gasteiger partial charge in [0.25, 0.3) is 0 Å². The van der Waals surface area contributed by atoms with Crippen molar-refractivity contribution in [3.63, 3.8) is 0 Å². The van der Waals surface area contributed by atoms with Gasteiger partial charge in [-0.1, -0.05) is 6.92 Å². The van der Waals surface area contributed by atoms with Gasteiger partial charge in [0.15, 0.2) is 0 Å². The van der Waals surface area contributed by atoms with Gasteiger partial charge in [-0.25, -0.2) is 4.79 Å². The summed E-state index contributed by atoms with van der Waals surface area (Å²) < 4.78 is 0. The average Bonchev–Trinajstić information content (AvgIpc) is 2.32. The van der Waals surface area contributed by atoms with Gasteiger partial charge in [0.2, 0.25) is 0 Å². The Hall–Kier alpha value is -0.770. The summed E-state index contributed by atoms with van der Waals surface area (Å²) in [7, 11) is 0. The van der Waals surface area contributed by atoms with E-state index >= 15 is 0 Å². The number of carbonyl (C=O) groups is 1. The Kier molecular flexibility index (Phi) is 3.38. The van der Waals surface area contributed by atoms with Gasteiger partial charge in [-0.05, 0) is 38.0 Å². The molecular formula is C12H22N2O2. The van der Waals surface area contributed by atoms with Gasteiger partial charge in [0.05, 0.1) is 12.1 Å². The molecule has 0 unspecified atom stereocenters. The third-order valence-electron chi connectivity index (χ3n) is 4.15. The first kappa shape index (κ1) is 11.7. The fourth-order valence-electron chi connectivity index (χ4n) is 2.89. The lowest BCUT2D eigenvalue weighted by atomic mass is 9.76. The zero-order chi connectivity index (χ0) is 11.6. The molecule has 2 fully saturated rings. The van der Waals surface area contributed by atoms with E-state index in [2.05, 4.69) is 12.2 Å². The van der Waals surface area contributed by atoms with Crippen molar-refractivity contribution in [1.82, 2.24) is 10.2 Å². The van der Waals surface area contributed by atoms with E-state index in [1.807, 2.05) is 4.90 Å². The molecule has 1 aliphatic heterocycles. The molecule has 92 valence electrons. The van der Waals surface area contributed by atoms with Crippen molar-refractivity contribution in [3.8, 4) is 0 Å². The minimum absolute atomic E-state index is 0.00912. The van der Waals surface area contributed by atoms with Crippen molar-refractivity contribution < 1.29 is 9.90 Å². The molecule has 1 saturated carbocycles. The van der Waals surface area contributed by atoms with Crippen LogP contribution in [0.4, 0.5) is 4.79 Å². The highest BCUT2D eigenvalue weighted by Gasteiger charge is 2.42. The van der Waals surface area contributed by atoms with Crippen molar-refractivity contribution in [2.24, 2.45) is 5.92 Å². The van der Waals surface area contributed by atoms with E-state index in [-0.39, 0.29) is 18.2 Å². The van der Waals surface area contributed by atoms with Crippen LogP contribution in [0, 0.1) is 5.92 Å². The summed E-state index contributed by atoms with van der Waals surface area (Å²) in [6.45, 7) is 3.92. The molecule has 1 aliphatic carbocycles. The first-order valence-electron chi connectivity index (χ1n) is 6.34. The zero-order valence-corrected chi connectivity index (χ0v) is 10.0. The maximum Gasteiger partial charge on any atom is 0.317 e. The van der Waals surface area contributed by atoms with Gasteiger partial charge in [-0.2, -0.15) is 0 Å². The molecule has 2 N–H and O–H groups in total. The molecule has 0 aromatic carbocycles. The third-order valence-corrected chi connectivity index (χ3v) is 4.15. The Morgan fingerprint density at radius 2 is 2.19 bits per heavy atom. The molecular weight excluding hydrogens is 204 g/mol. The number of nitrogens with one attached hydrogen (secondary N) is 1. The normalized spacial score (nSPS) is 36.0. The topological polar surface area (TPSA) is 52.6 Å². The SMILES string of the molecule is CC1CCC(CO)(N2CCCNC2=O)CC1. The summed E-state index contributed by atoms with van der Waals surface area (Å²) in [6.07, 6.45) is 5.11. The molecule has 4 heteroatoms. The Balaban J connectivity index is 2.10.